The van der Waals surface area contributed by atoms with E-state index in [1.807, 2.05) is 35.7 Å². The number of rotatable bonds is 4. The first-order valence-corrected chi connectivity index (χ1v) is 11.9. The molecule has 4 unspecified atom stereocenters. The van der Waals surface area contributed by atoms with E-state index in [4.69, 9.17) is 9.26 Å². The van der Waals surface area contributed by atoms with Gasteiger partial charge in [-0.25, -0.2) is 9.37 Å². The van der Waals surface area contributed by atoms with Crippen molar-refractivity contribution in [3.05, 3.63) is 59.4 Å². The van der Waals surface area contributed by atoms with Crippen LogP contribution in [0.15, 0.2) is 41.2 Å². The van der Waals surface area contributed by atoms with E-state index in [9.17, 15) is 9.18 Å². The topological polar surface area (TPSA) is 94.6 Å². The Balaban J connectivity index is 1.17. The summed E-state index contributed by atoms with van der Waals surface area (Å²) in [6.07, 6.45) is 4.23. The van der Waals surface area contributed by atoms with Crippen molar-refractivity contribution in [3.8, 4) is 17.1 Å². The number of aryl methyl sites for hydroxylation is 1. The predicted molar refractivity (Wildman–Crippen MR) is 125 cm³/mol. The molecule has 1 aliphatic heterocycles. The summed E-state index contributed by atoms with van der Waals surface area (Å²) in [4.78, 5) is 22.1. The second-order valence-corrected chi connectivity index (χ2v) is 10.3. The number of carbonyl (C=O) groups excluding carboxylic acids is 1. The van der Waals surface area contributed by atoms with Gasteiger partial charge in [0.15, 0.2) is 0 Å². The third-order valence-corrected chi connectivity index (χ3v) is 8.00. The third-order valence-electron chi connectivity index (χ3n) is 8.00. The van der Waals surface area contributed by atoms with Crippen LogP contribution in [0.1, 0.15) is 53.7 Å². The van der Waals surface area contributed by atoms with Crippen LogP contribution < -0.4 is 10.1 Å². The molecule has 8 nitrogen and oxygen atoms in total. The highest BCUT2D eigenvalue weighted by Crippen LogP contribution is 2.59. The zero-order valence-corrected chi connectivity index (χ0v) is 19.6. The number of hydrogen-bond acceptors (Lipinski definition) is 6. The minimum Gasteiger partial charge on any atom is -0.489 e. The Labute approximate surface area is 200 Å². The van der Waals surface area contributed by atoms with Gasteiger partial charge in [-0.2, -0.15) is 4.98 Å². The van der Waals surface area contributed by atoms with E-state index in [0.717, 1.165) is 23.3 Å². The number of pyridine rings is 1. The number of imidazole rings is 1. The zero-order valence-electron chi connectivity index (χ0n) is 19.6. The first-order chi connectivity index (χ1) is 16.8. The summed E-state index contributed by atoms with van der Waals surface area (Å²) < 4.78 is 26.6. The molecule has 9 heteroatoms. The van der Waals surface area contributed by atoms with E-state index in [1.54, 1.807) is 12.3 Å². The summed E-state index contributed by atoms with van der Waals surface area (Å²) >= 11 is 0. The zero-order chi connectivity index (χ0) is 24.1. The van der Waals surface area contributed by atoms with Crippen LogP contribution >= 0.6 is 0 Å². The van der Waals surface area contributed by atoms with Crippen molar-refractivity contribution in [1.82, 2.24) is 19.5 Å². The molecule has 2 saturated carbocycles. The number of anilines is 1. The maximum absolute atomic E-state index is 13.3. The summed E-state index contributed by atoms with van der Waals surface area (Å²) in [5, 5.41) is 6.99. The van der Waals surface area contributed by atoms with E-state index in [2.05, 4.69) is 34.3 Å². The lowest BCUT2D eigenvalue weighted by atomic mass is 9.95. The van der Waals surface area contributed by atoms with Crippen LogP contribution in [0.25, 0.3) is 17.0 Å². The molecular formula is C26H24FN5O3. The van der Waals surface area contributed by atoms with Crippen molar-refractivity contribution in [2.45, 2.75) is 51.8 Å². The number of halogens is 1. The van der Waals surface area contributed by atoms with Gasteiger partial charge in [-0.15, -0.1) is 0 Å². The molecule has 1 aromatic carbocycles. The van der Waals surface area contributed by atoms with Crippen LogP contribution in [0.2, 0.25) is 0 Å². The Morgan fingerprint density at radius 2 is 2.14 bits per heavy atom. The molecule has 7 rings (SSSR count). The molecule has 2 fully saturated rings. The Morgan fingerprint density at radius 3 is 2.94 bits per heavy atom. The van der Waals surface area contributed by atoms with Crippen LogP contribution in [0.5, 0.6) is 5.75 Å². The van der Waals surface area contributed by atoms with Gasteiger partial charge in [-0.3, -0.25) is 9.20 Å². The second kappa shape index (κ2) is 6.90. The lowest BCUT2D eigenvalue weighted by molar-refractivity contribution is 0.102. The molecule has 0 spiro atoms. The highest BCUT2D eigenvalue weighted by Gasteiger charge is 2.62. The predicted octanol–water partition coefficient (Wildman–Crippen LogP) is 4.73. The van der Waals surface area contributed by atoms with Gasteiger partial charge in [-0.05, 0) is 31.4 Å². The van der Waals surface area contributed by atoms with Crippen LogP contribution in [0.3, 0.4) is 0 Å². The number of benzene rings is 1. The van der Waals surface area contributed by atoms with Crippen molar-refractivity contribution in [2.75, 3.05) is 5.32 Å². The van der Waals surface area contributed by atoms with Crippen molar-refractivity contribution < 1.29 is 18.4 Å². The van der Waals surface area contributed by atoms with Gasteiger partial charge < -0.3 is 14.6 Å². The quantitative estimate of drug-likeness (QED) is 0.461. The highest BCUT2D eigenvalue weighted by molar-refractivity contribution is 6.04. The first kappa shape index (κ1) is 20.6. The van der Waals surface area contributed by atoms with Crippen LogP contribution in [0, 0.1) is 18.3 Å². The summed E-state index contributed by atoms with van der Waals surface area (Å²) in [5.74, 6) is 1.48. The van der Waals surface area contributed by atoms with Crippen molar-refractivity contribution >= 4 is 17.2 Å². The number of fused-ring (bicyclic) bond motifs is 3. The SMILES string of the molecule is Cc1ccc(-c2noc(C3C[C@H]3F)n2)cc1NC(=O)c1cnc2cc3c(cn12)CC1(C)C(C)C1O3. The largest absolute Gasteiger partial charge is 0.489 e. The maximum atomic E-state index is 13.3. The molecule has 0 saturated heterocycles. The molecule has 1 amide bonds. The van der Waals surface area contributed by atoms with E-state index >= 15 is 0 Å². The van der Waals surface area contributed by atoms with Gasteiger partial charge in [0.25, 0.3) is 5.91 Å². The van der Waals surface area contributed by atoms with E-state index in [1.165, 1.54) is 0 Å². The summed E-state index contributed by atoms with van der Waals surface area (Å²) in [5.41, 5.74) is 4.55. The van der Waals surface area contributed by atoms with Gasteiger partial charge in [-0.1, -0.05) is 31.1 Å². The molecule has 178 valence electrons. The monoisotopic (exact) mass is 473 g/mol. The summed E-state index contributed by atoms with van der Waals surface area (Å²) in [6, 6.07) is 7.45. The normalized spacial score (nSPS) is 28.2. The molecule has 0 bridgehead atoms. The maximum Gasteiger partial charge on any atom is 0.274 e. The molecule has 5 atom stereocenters. The average molecular weight is 474 g/mol. The minimum atomic E-state index is -0.907. The fourth-order valence-corrected chi connectivity index (χ4v) is 5.25. The molecule has 4 aromatic rings. The van der Waals surface area contributed by atoms with Gasteiger partial charge in [0.1, 0.15) is 29.4 Å². The van der Waals surface area contributed by atoms with Gasteiger partial charge in [0.05, 0.1) is 12.1 Å². The van der Waals surface area contributed by atoms with Crippen molar-refractivity contribution in [2.24, 2.45) is 11.3 Å². The van der Waals surface area contributed by atoms with Crippen molar-refractivity contribution in [1.29, 1.82) is 0 Å². The van der Waals surface area contributed by atoms with E-state index < -0.39 is 6.17 Å². The van der Waals surface area contributed by atoms with Gasteiger partial charge >= 0.3 is 0 Å². The van der Waals surface area contributed by atoms with E-state index in [-0.39, 0.29) is 23.3 Å². The number of aromatic nitrogens is 4. The summed E-state index contributed by atoms with van der Waals surface area (Å²) in [6.45, 7) is 6.38. The van der Waals surface area contributed by atoms with E-state index in [0.29, 0.717) is 46.6 Å². The number of carbonyl (C=O) groups is 1. The lowest BCUT2D eigenvalue weighted by Crippen LogP contribution is -2.19. The number of alkyl halides is 1. The third kappa shape index (κ3) is 3.10. The average Bonchev–Trinajstić information content (AvgIpc) is 3.45. The lowest BCUT2D eigenvalue weighted by Gasteiger charge is -2.22. The fourth-order valence-electron chi connectivity index (χ4n) is 5.25. The van der Waals surface area contributed by atoms with Gasteiger partial charge in [0, 0.05) is 40.4 Å². The number of nitrogens with one attached hydrogen (secondary N) is 1. The van der Waals surface area contributed by atoms with Gasteiger partial charge in [0.2, 0.25) is 11.7 Å². The molecule has 3 aromatic heterocycles. The smallest absolute Gasteiger partial charge is 0.274 e. The molecule has 4 heterocycles. The Hall–Kier alpha value is -3.75. The molecular weight excluding hydrogens is 449 g/mol. The Kier molecular flexibility index (Phi) is 4.06. The Morgan fingerprint density at radius 1 is 1.31 bits per heavy atom. The molecule has 35 heavy (non-hydrogen) atoms. The Bertz CT molecular complexity index is 1530. The number of nitrogens with zero attached hydrogens (tertiary/aromatic N) is 4. The summed E-state index contributed by atoms with van der Waals surface area (Å²) in [7, 11) is 0. The first-order valence-electron chi connectivity index (χ1n) is 11.9. The van der Waals surface area contributed by atoms with Crippen molar-refractivity contribution in [3.63, 3.8) is 0 Å². The highest BCUT2D eigenvalue weighted by atomic mass is 19.1. The molecule has 0 radical (unpaired) electrons. The minimum absolute atomic E-state index is 0.154. The van der Waals surface area contributed by atoms with Crippen LogP contribution in [-0.2, 0) is 6.42 Å². The standard InChI is InChI=1S/C26H24FN5O3/c1-12-4-5-14(23-30-25(35-31-23)16-7-17(16)27)6-18(12)29-24(33)19-10-28-21-8-20-15(11-32(19)21)9-26(3)13(2)22(26)34-20/h4-6,8,10-11,13,16-17,22H,7,9H2,1-3H3,(H,29,33)/t13?,16?,17-,22?,26?/m1/s1. The second-order valence-electron chi connectivity index (χ2n) is 10.3. The number of hydrogen-bond donors (Lipinski definition) is 1. The molecule has 1 N–H and O–H groups in total. The van der Waals surface area contributed by atoms with Crippen LogP contribution in [-0.4, -0.2) is 37.7 Å². The number of amides is 1. The van der Waals surface area contributed by atoms with Crippen LogP contribution in [0.4, 0.5) is 10.1 Å². The molecule has 2 aliphatic carbocycles. The fraction of sp³-hybridized carbons (Fsp3) is 0.385. The number of ether oxygens (including phenoxy) is 1. The molecule has 3 aliphatic rings.